The highest BCUT2D eigenvalue weighted by Gasteiger charge is 2.17. The molecule has 22 heavy (non-hydrogen) atoms. The molecule has 0 aromatic heterocycles. The van der Waals surface area contributed by atoms with Crippen LogP contribution in [0, 0.1) is 11.6 Å². The van der Waals surface area contributed by atoms with E-state index in [-0.39, 0.29) is 10.7 Å². The molecule has 0 fully saturated rings. The third kappa shape index (κ3) is 4.18. The van der Waals surface area contributed by atoms with Crippen molar-refractivity contribution in [2.45, 2.75) is 13.0 Å². The van der Waals surface area contributed by atoms with Crippen molar-refractivity contribution in [1.82, 2.24) is 0 Å². The lowest BCUT2D eigenvalue weighted by Gasteiger charge is -2.16. The van der Waals surface area contributed by atoms with Crippen LogP contribution >= 0.6 is 27.5 Å². The van der Waals surface area contributed by atoms with Gasteiger partial charge >= 0.3 is 0 Å². The molecule has 0 radical (unpaired) electrons. The van der Waals surface area contributed by atoms with Crippen LogP contribution in [0.4, 0.5) is 14.5 Å². The van der Waals surface area contributed by atoms with Crippen LogP contribution in [0.25, 0.3) is 0 Å². The number of amides is 1. The fourth-order valence-electron chi connectivity index (χ4n) is 1.64. The van der Waals surface area contributed by atoms with Gasteiger partial charge in [-0.25, -0.2) is 8.78 Å². The topological polar surface area (TPSA) is 38.3 Å². The van der Waals surface area contributed by atoms with E-state index in [0.29, 0.717) is 10.2 Å². The van der Waals surface area contributed by atoms with E-state index in [2.05, 4.69) is 21.2 Å². The molecule has 1 atom stereocenters. The zero-order valence-electron chi connectivity index (χ0n) is 11.4. The van der Waals surface area contributed by atoms with Crippen LogP contribution in [-0.4, -0.2) is 12.0 Å². The molecule has 0 unspecified atom stereocenters. The molecule has 2 rings (SSSR count). The van der Waals surface area contributed by atoms with E-state index in [1.807, 2.05) is 0 Å². The quantitative estimate of drug-likeness (QED) is 0.815. The van der Waals surface area contributed by atoms with Gasteiger partial charge in [0.15, 0.2) is 6.10 Å². The van der Waals surface area contributed by atoms with Crippen molar-refractivity contribution in [2.24, 2.45) is 0 Å². The fraction of sp³-hybridized carbons (Fsp3) is 0.133. The maximum Gasteiger partial charge on any atom is 0.265 e. The van der Waals surface area contributed by atoms with Gasteiger partial charge in [-0.1, -0.05) is 11.6 Å². The van der Waals surface area contributed by atoms with E-state index in [1.165, 1.54) is 37.3 Å². The van der Waals surface area contributed by atoms with Crippen LogP contribution in [0.3, 0.4) is 0 Å². The van der Waals surface area contributed by atoms with Gasteiger partial charge in [-0.3, -0.25) is 4.79 Å². The number of hydrogen-bond donors (Lipinski definition) is 1. The Kier molecular flexibility index (Phi) is 5.37. The lowest BCUT2D eigenvalue weighted by molar-refractivity contribution is -0.122. The Morgan fingerprint density at radius 1 is 1.23 bits per heavy atom. The number of carbonyl (C=O) groups is 1. The Hall–Kier alpha value is -1.66. The molecule has 0 heterocycles. The molecule has 0 saturated carbocycles. The summed E-state index contributed by atoms with van der Waals surface area (Å²) in [5, 5.41) is 2.62. The summed E-state index contributed by atoms with van der Waals surface area (Å²) in [6.45, 7) is 1.53. The molecule has 7 heteroatoms. The van der Waals surface area contributed by atoms with Gasteiger partial charge in [-0.15, -0.1) is 0 Å². The maximum absolute atomic E-state index is 13.0. The molecular formula is C15H11BrClF2NO2. The first kappa shape index (κ1) is 16.7. The highest BCUT2D eigenvalue weighted by Crippen LogP contribution is 2.27. The van der Waals surface area contributed by atoms with Gasteiger partial charge in [0, 0.05) is 0 Å². The number of halogens is 4. The molecule has 0 aliphatic heterocycles. The van der Waals surface area contributed by atoms with Crippen molar-refractivity contribution in [2.75, 3.05) is 5.32 Å². The van der Waals surface area contributed by atoms with Crippen molar-refractivity contribution in [1.29, 1.82) is 0 Å². The van der Waals surface area contributed by atoms with Gasteiger partial charge in [-0.2, -0.15) is 0 Å². The summed E-state index contributed by atoms with van der Waals surface area (Å²) in [5.41, 5.74) is 0.279. The number of benzene rings is 2. The maximum atomic E-state index is 13.0. The van der Waals surface area contributed by atoms with Crippen molar-refractivity contribution < 1.29 is 18.3 Å². The predicted octanol–water partition coefficient (Wildman–Crippen LogP) is 4.79. The number of carbonyl (C=O) groups excluding carboxylic acids is 1. The van der Waals surface area contributed by atoms with Gasteiger partial charge in [0.05, 0.1) is 15.2 Å². The third-order valence-electron chi connectivity index (χ3n) is 2.76. The van der Waals surface area contributed by atoms with E-state index in [4.69, 9.17) is 16.3 Å². The van der Waals surface area contributed by atoms with Crippen molar-refractivity contribution in [3.05, 3.63) is 57.5 Å². The zero-order valence-corrected chi connectivity index (χ0v) is 13.7. The SMILES string of the molecule is C[C@@H](Oc1ccc(F)cc1Br)C(=O)Nc1ccc(F)cc1Cl. The molecule has 116 valence electrons. The first-order chi connectivity index (χ1) is 10.4. The summed E-state index contributed by atoms with van der Waals surface area (Å²) in [6.07, 6.45) is -0.858. The number of ether oxygens (including phenoxy) is 1. The molecule has 2 aromatic carbocycles. The van der Waals surface area contributed by atoms with E-state index in [0.717, 1.165) is 6.07 Å². The monoisotopic (exact) mass is 389 g/mol. The van der Waals surface area contributed by atoms with E-state index in [1.54, 1.807) is 0 Å². The van der Waals surface area contributed by atoms with Crippen molar-refractivity contribution in [3.63, 3.8) is 0 Å². The Morgan fingerprint density at radius 3 is 2.50 bits per heavy atom. The Balaban J connectivity index is 2.05. The van der Waals surface area contributed by atoms with E-state index < -0.39 is 23.6 Å². The molecule has 0 saturated heterocycles. The molecule has 0 spiro atoms. The summed E-state index contributed by atoms with van der Waals surface area (Å²) < 4.78 is 31.8. The summed E-state index contributed by atoms with van der Waals surface area (Å²) >= 11 is 8.99. The normalized spacial score (nSPS) is 11.9. The van der Waals surface area contributed by atoms with Crippen molar-refractivity contribution in [3.8, 4) is 5.75 Å². The second kappa shape index (κ2) is 7.07. The Morgan fingerprint density at radius 2 is 1.86 bits per heavy atom. The smallest absolute Gasteiger partial charge is 0.265 e. The number of nitrogens with one attached hydrogen (secondary N) is 1. The Bertz CT molecular complexity index is 712. The van der Waals surface area contributed by atoms with Gasteiger partial charge in [0.25, 0.3) is 5.91 Å². The van der Waals surface area contributed by atoms with Gasteiger partial charge < -0.3 is 10.1 Å². The van der Waals surface area contributed by atoms with Gasteiger partial charge in [0.1, 0.15) is 17.4 Å². The molecule has 1 N–H and O–H groups in total. The van der Waals surface area contributed by atoms with Crippen LogP contribution in [-0.2, 0) is 4.79 Å². The molecule has 0 aliphatic carbocycles. The number of hydrogen-bond acceptors (Lipinski definition) is 2. The fourth-order valence-corrected chi connectivity index (χ4v) is 2.30. The standard InChI is InChI=1S/C15H11BrClF2NO2/c1-8(22-14-5-3-9(18)6-11(14)16)15(21)20-13-4-2-10(19)7-12(13)17/h2-8H,1H3,(H,20,21)/t8-/m1/s1. The minimum atomic E-state index is -0.858. The van der Waals surface area contributed by atoms with E-state index in [9.17, 15) is 13.6 Å². The van der Waals surface area contributed by atoms with Crippen LogP contribution in [0.1, 0.15) is 6.92 Å². The molecule has 0 aliphatic rings. The van der Waals surface area contributed by atoms with Crippen LogP contribution < -0.4 is 10.1 Å². The lowest BCUT2D eigenvalue weighted by atomic mass is 10.3. The van der Waals surface area contributed by atoms with Crippen LogP contribution in [0.2, 0.25) is 5.02 Å². The predicted molar refractivity (Wildman–Crippen MR) is 84.2 cm³/mol. The largest absolute Gasteiger partial charge is 0.480 e. The minimum Gasteiger partial charge on any atom is -0.480 e. The summed E-state index contributed by atoms with van der Waals surface area (Å²) in [7, 11) is 0. The molecule has 2 aromatic rings. The summed E-state index contributed by atoms with van der Waals surface area (Å²) in [6, 6.07) is 7.51. The minimum absolute atomic E-state index is 0.0866. The van der Waals surface area contributed by atoms with Crippen LogP contribution in [0.15, 0.2) is 40.9 Å². The van der Waals surface area contributed by atoms with Crippen LogP contribution in [0.5, 0.6) is 5.75 Å². The van der Waals surface area contributed by atoms with Gasteiger partial charge in [0.2, 0.25) is 0 Å². The number of anilines is 1. The third-order valence-corrected chi connectivity index (χ3v) is 3.69. The number of rotatable bonds is 4. The molecule has 0 bridgehead atoms. The Labute approximate surface area is 139 Å². The van der Waals surface area contributed by atoms with Crippen molar-refractivity contribution >= 4 is 39.1 Å². The first-order valence-corrected chi connectivity index (χ1v) is 7.41. The average Bonchev–Trinajstić information content (AvgIpc) is 2.44. The molecular weight excluding hydrogens is 380 g/mol. The highest BCUT2D eigenvalue weighted by atomic mass is 79.9. The van der Waals surface area contributed by atoms with Gasteiger partial charge in [-0.05, 0) is 59.3 Å². The molecule has 1 amide bonds. The first-order valence-electron chi connectivity index (χ1n) is 6.24. The summed E-state index contributed by atoms with van der Waals surface area (Å²) in [4.78, 5) is 12.1. The van der Waals surface area contributed by atoms with E-state index >= 15 is 0 Å². The zero-order chi connectivity index (χ0) is 16.3. The highest BCUT2D eigenvalue weighted by molar-refractivity contribution is 9.10. The summed E-state index contributed by atoms with van der Waals surface area (Å²) in [5.74, 6) is -1.06. The second-order valence-corrected chi connectivity index (χ2v) is 5.71. The molecule has 3 nitrogen and oxygen atoms in total. The lowest BCUT2D eigenvalue weighted by Crippen LogP contribution is -2.30. The average molecular weight is 391 g/mol. The second-order valence-electron chi connectivity index (χ2n) is 4.45.